The molecule has 0 radical (unpaired) electrons. The molecule has 9 heteroatoms. The van der Waals surface area contributed by atoms with Crippen LogP contribution in [0, 0.1) is 0 Å². The fourth-order valence-corrected chi connectivity index (χ4v) is 9.52. The number of rotatable bonds is 19. The molecule has 0 heterocycles. The van der Waals surface area contributed by atoms with E-state index in [1.165, 1.54) is 38.5 Å². The number of carbonyl (C=O) groups excluding carboxylic acids is 1. The molecule has 43 heavy (non-hydrogen) atoms. The van der Waals surface area contributed by atoms with Crippen molar-refractivity contribution in [2.75, 3.05) is 0 Å². The van der Waals surface area contributed by atoms with Gasteiger partial charge >= 0.3 is 0 Å². The summed E-state index contributed by atoms with van der Waals surface area (Å²) in [7, 11) is -3.20. The molecule has 0 saturated heterocycles. The summed E-state index contributed by atoms with van der Waals surface area (Å²) in [6, 6.07) is 0.242. The molecule has 0 spiro atoms. The average molecular weight is 629 g/mol. The highest BCUT2D eigenvalue weighted by molar-refractivity contribution is 7.92. The first-order chi connectivity index (χ1) is 20.7. The van der Waals surface area contributed by atoms with Crippen molar-refractivity contribution in [3.05, 3.63) is 0 Å². The quantitative estimate of drug-likeness (QED) is 0.108. The van der Waals surface area contributed by atoms with E-state index in [1.54, 1.807) is 0 Å². The zero-order valence-electron chi connectivity index (χ0n) is 27.6. The van der Waals surface area contributed by atoms with E-state index in [2.05, 4.69) is 31.6 Å². The molecular formula is C34H64N2O6S. The number of hydrogen-bond acceptors (Lipinski definition) is 7. The van der Waals surface area contributed by atoms with E-state index in [9.17, 15) is 18.3 Å². The second kappa shape index (κ2) is 19.7. The lowest BCUT2D eigenvalue weighted by atomic mass is 9.93. The van der Waals surface area contributed by atoms with E-state index in [-0.39, 0.29) is 34.7 Å². The monoisotopic (exact) mass is 628 g/mol. The van der Waals surface area contributed by atoms with Crippen LogP contribution in [0.4, 0.5) is 0 Å². The van der Waals surface area contributed by atoms with Crippen molar-refractivity contribution in [2.24, 2.45) is 0 Å². The first-order valence-corrected chi connectivity index (χ1v) is 19.6. The van der Waals surface area contributed by atoms with Crippen LogP contribution in [0.5, 0.6) is 0 Å². The molecule has 3 aliphatic carbocycles. The van der Waals surface area contributed by atoms with E-state index < -0.39 is 15.9 Å². The van der Waals surface area contributed by atoms with Gasteiger partial charge in [0.15, 0.2) is 9.84 Å². The zero-order chi connectivity index (χ0) is 31.1. The summed E-state index contributed by atoms with van der Waals surface area (Å²) in [5.41, 5.74) is 6.28. The van der Waals surface area contributed by atoms with Gasteiger partial charge < -0.3 is 14.6 Å². The van der Waals surface area contributed by atoms with Crippen molar-refractivity contribution in [3.63, 3.8) is 0 Å². The summed E-state index contributed by atoms with van der Waals surface area (Å²) in [6.45, 7) is 6.52. The van der Waals surface area contributed by atoms with Gasteiger partial charge in [0.1, 0.15) is 6.10 Å². The third-order valence-electron chi connectivity index (χ3n) is 10.2. The third-order valence-corrected chi connectivity index (χ3v) is 13.0. The van der Waals surface area contributed by atoms with Crippen molar-refractivity contribution in [3.8, 4) is 0 Å². The van der Waals surface area contributed by atoms with Crippen molar-refractivity contribution < 1.29 is 27.8 Å². The molecule has 2 atom stereocenters. The number of hydrogen-bond donors (Lipinski definition) is 3. The Morgan fingerprint density at radius 1 is 0.744 bits per heavy atom. The molecule has 3 rings (SSSR count). The van der Waals surface area contributed by atoms with Crippen LogP contribution in [-0.2, 0) is 24.1 Å². The maximum absolute atomic E-state index is 13.4. The van der Waals surface area contributed by atoms with Crippen molar-refractivity contribution >= 4 is 15.7 Å². The van der Waals surface area contributed by atoms with Crippen LogP contribution < -0.4 is 10.9 Å². The summed E-state index contributed by atoms with van der Waals surface area (Å²) in [6.07, 6.45) is 19.8. The smallest absolute Gasteiger partial charge is 0.263 e. The van der Waals surface area contributed by atoms with Crippen LogP contribution in [0.15, 0.2) is 0 Å². The normalized spacial score (nSPS) is 30.0. The van der Waals surface area contributed by atoms with Crippen LogP contribution in [0.3, 0.4) is 0 Å². The lowest BCUT2D eigenvalue weighted by Crippen LogP contribution is -2.51. The number of carbonyl (C=O) groups is 1. The maximum atomic E-state index is 13.4. The predicted molar refractivity (Wildman–Crippen MR) is 173 cm³/mol. The summed E-state index contributed by atoms with van der Waals surface area (Å²) in [5.74, 6) is -0.101. The highest BCUT2D eigenvalue weighted by Crippen LogP contribution is 2.34. The third kappa shape index (κ3) is 12.9. The first-order valence-electron chi connectivity index (χ1n) is 18.0. The van der Waals surface area contributed by atoms with Crippen LogP contribution >= 0.6 is 0 Å². The van der Waals surface area contributed by atoms with Gasteiger partial charge in [-0.25, -0.2) is 13.8 Å². The van der Waals surface area contributed by atoms with Gasteiger partial charge in [0.05, 0.1) is 34.9 Å². The fourth-order valence-electron chi connectivity index (χ4n) is 7.12. The number of unbranched alkanes of at least 4 members (excludes halogenated alkanes) is 7. The molecule has 0 aromatic heterocycles. The van der Waals surface area contributed by atoms with Gasteiger partial charge in [-0.1, -0.05) is 65.2 Å². The van der Waals surface area contributed by atoms with E-state index in [1.807, 2.05) is 0 Å². The minimum Gasteiger partial charge on any atom is -0.393 e. The van der Waals surface area contributed by atoms with Crippen LogP contribution in [0.1, 0.15) is 162 Å². The molecule has 1 amide bonds. The molecule has 3 aliphatic rings. The number of aliphatic hydroxyl groups excluding tert-OH is 1. The number of sulfone groups is 1. The van der Waals surface area contributed by atoms with Gasteiger partial charge in [0.25, 0.3) is 5.91 Å². The van der Waals surface area contributed by atoms with Gasteiger partial charge in [-0.05, 0) is 96.8 Å². The van der Waals surface area contributed by atoms with Gasteiger partial charge in [-0.2, -0.15) is 0 Å². The minimum atomic E-state index is -3.20. The molecular weight excluding hydrogens is 564 g/mol. The Bertz CT molecular complexity index is 862. The molecule has 3 N–H and O–H groups in total. The molecule has 0 aromatic rings. The molecule has 0 aromatic carbocycles. The highest BCUT2D eigenvalue weighted by atomic mass is 32.2. The summed E-state index contributed by atoms with van der Waals surface area (Å²) in [5, 5.41) is 9.16. The largest absolute Gasteiger partial charge is 0.393 e. The summed E-state index contributed by atoms with van der Waals surface area (Å²) >= 11 is 0. The topological polar surface area (TPSA) is 114 Å². The highest BCUT2D eigenvalue weighted by Gasteiger charge is 2.39. The Labute approximate surface area is 263 Å². The molecule has 2 unspecified atom stereocenters. The standard InChI is InChI=1S/C34H64N2O6S/c1-4-6-7-8-9-10-11-12-13-33(34(38)36-35-27-14-18-29(19-15-27)41-26(3)5-2)42-30-20-24-32(25-21-30)43(39,40)31-22-16-28(37)17-23-31/h26-33,35,37H,4-25H2,1-3H3,(H,36,38). The number of aliphatic hydroxyl groups is 1. The number of ether oxygens (including phenoxy) is 2. The maximum Gasteiger partial charge on any atom is 0.263 e. The lowest BCUT2D eigenvalue weighted by molar-refractivity contribution is -0.140. The SMILES string of the molecule is CCCCCCCCCCC(OC1CCC(S(=O)(=O)C2CCC(O)CC2)CC1)C(=O)NNC1CCC(OC(C)CC)CC1. The van der Waals surface area contributed by atoms with Crippen LogP contribution in [0.25, 0.3) is 0 Å². The summed E-state index contributed by atoms with van der Waals surface area (Å²) in [4.78, 5) is 13.4. The fraction of sp³-hybridized carbons (Fsp3) is 0.971. The molecule has 3 saturated carbocycles. The van der Waals surface area contributed by atoms with Crippen molar-refractivity contribution in [1.29, 1.82) is 0 Å². The van der Waals surface area contributed by atoms with E-state index in [0.717, 1.165) is 44.9 Å². The van der Waals surface area contributed by atoms with Gasteiger partial charge in [-0.15, -0.1) is 0 Å². The van der Waals surface area contributed by atoms with Crippen molar-refractivity contribution in [1.82, 2.24) is 10.9 Å². The van der Waals surface area contributed by atoms with Gasteiger partial charge in [-0.3, -0.25) is 10.2 Å². The van der Waals surface area contributed by atoms with E-state index >= 15 is 0 Å². The number of nitrogens with one attached hydrogen (secondary N) is 2. The van der Waals surface area contributed by atoms with E-state index in [0.29, 0.717) is 70.0 Å². The predicted octanol–water partition coefficient (Wildman–Crippen LogP) is 6.68. The second-order valence-electron chi connectivity index (χ2n) is 13.8. The van der Waals surface area contributed by atoms with Gasteiger partial charge in [0, 0.05) is 6.04 Å². The Balaban J connectivity index is 1.45. The van der Waals surface area contributed by atoms with Crippen LogP contribution in [0.2, 0.25) is 0 Å². The average Bonchev–Trinajstić information content (AvgIpc) is 3.01. The minimum absolute atomic E-state index is 0.0856. The summed E-state index contributed by atoms with van der Waals surface area (Å²) < 4.78 is 39.1. The van der Waals surface area contributed by atoms with Crippen LogP contribution in [-0.4, -0.2) is 66.5 Å². The Morgan fingerprint density at radius 2 is 1.26 bits per heavy atom. The number of amides is 1. The Morgan fingerprint density at radius 3 is 1.84 bits per heavy atom. The molecule has 0 bridgehead atoms. The Hall–Kier alpha value is -0.740. The molecule has 0 aliphatic heterocycles. The molecule has 8 nitrogen and oxygen atoms in total. The van der Waals surface area contributed by atoms with Crippen molar-refractivity contribution in [2.45, 2.75) is 209 Å². The second-order valence-corrected chi connectivity index (χ2v) is 16.3. The Kier molecular flexibility index (Phi) is 16.8. The number of hydrazine groups is 1. The first kappa shape index (κ1) is 36.7. The lowest BCUT2D eigenvalue weighted by Gasteiger charge is -2.34. The van der Waals surface area contributed by atoms with Gasteiger partial charge in [0.2, 0.25) is 0 Å². The molecule has 252 valence electrons. The van der Waals surface area contributed by atoms with E-state index in [4.69, 9.17) is 9.47 Å². The zero-order valence-corrected chi connectivity index (χ0v) is 28.4. The molecule has 3 fully saturated rings.